The van der Waals surface area contributed by atoms with Gasteiger partial charge in [-0.25, -0.2) is 4.79 Å². The van der Waals surface area contributed by atoms with Crippen LogP contribution in [-0.4, -0.2) is 24.0 Å². The summed E-state index contributed by atoms with van der Waals surface area (Å²) >= 11 is 0. The molecule has 0 aliphatic carbocycles. The summed E-state index contributed by atoms with van der Waals surface area (Å²) in [5, 5.41) is 10.4. The predicted molar refractivity (Wildman–Crippen MR) is 49.6 cm³/mol. The minimum atomic E-state index is -4.42. The maximum Gasteiger partial charge on any atom is 0.422 e. The van der Waals surface area contributed by atoms with E-state index in [1.165, 1.54) is 24.3 Å². The number of carboxylic acid groups (broad SMARTS) is 1. The van der Waals surface area contributed by atoms with Gasteiger partial charge in [0.15, 0.2) is 6.61 Å². The largest absolute Gasteiger partial charge is 0.484 e. The van der Waals surface area contributed by atoms with E-state index in [2.05, 4.69) is 4.74 Å². The molecule has 0 saturated heterocycles. The Morgan fingerprint density at radius 2 is 2.12 bits per heavy atom. The van der Waals surface area contributed by atoms with Crippen molar-refractivity contribution in [3.63, 3.8) is 0 Å². The van der Waals surface area contributed by atoms with Gasteiger partial charge in [0.1, 0.15) is 5.75 Å². The van der Waals surface area contributed by atoms with Gasteiger partial charge in [0.2, 0.25) is 0 Å². The number of anilines is 1. The summed E-state index contributed by atoms with van der Waals surface area (Å²) < 4.78 is 39.9. The van der Waals surface area contributed by atoms with Crippen LogP contribution in [0.15, 0.2) is 24.3 Å². The highest BCUT2D eigenvalue weighted by Crippen LogP contribution is 2.21. The highest BCUT2D eigenvalue weighted by atomic mass is 19.4. The third-order valence-electron chi connectivity index (χ3n) is 1.49. The van der Waals surface area contributed by atoms with Crippen molar-refractivity contribution in [3.8, 4) is 5.75 Å². The SMILES string of the molecule is O=C(O)Nc1cccc(OCC(F)(F)F)c1. The van der Waals surface area contributed by atoms with Gasteiger partial charge in [-0.05, 0) is 12.1 Å². The molecule has 0 unspecified atom stereocenters. The molecular formula is C9H8F3NO3. The lowest BCUT2D eigenvalue weighted by molar-refractivity contribution is -0.153. The van der Waals surface area contributed by atoms with E-state index in [4.69, 9.17) is 5.11 Å². The molecule has 88 valence electrons. The summed E-state index contributed by atoms with van der Waals surface area (Å²) in [7, 11) is 0. The lowest BCUT2D eigenvalue weighted by atomic mass is 10.3. The molecule has 16 heavy (non-hydrogen) atoms. The zero-order valence-electron chi connectivity index (χ0n) is 7.91. The van der Waals surface area contributed by atoms with E-state index in [-0.39, 0.29) is 11.4 Å². The fraction of sp³-hybridized carbons (Fsp3) is 0.222. The van der Waals surface area contributed by atoms with Crippen molar-refractivity contribution in [1.82, 2.24) is 0 Å². The van der Waals surface area contributed by atoms with E-state index in [9.17, 15) is 18.0 Å². The van der Waals surface area contributed by atoms with Crippen molar-refractivity contribution < 1.29 is 27.8 Å². The van der Waals surface area contributed by atoms with Crippen LogP contribution in [0.1, 0.15) is 0 Å². The number of hydrogen-bond donors (Lipinski definition) is 2. The summed E-state index contributed by atoms with van der Waals surface area (Å²) in [6.45, 7) is -1.41. The number of benzene rings is 1. The number of nitrogens with one attached hydrogen (secondary N) is 1. The Balaban J connectivity index is 2.64. The average Bonchev–Trinajstić information content (AvgIpc) is 2.13. The van der Waals surface area contributed by atoms with Gasteiger partial charge in [-0.3, -0.25) is 5.32 Å². The number of hydrogen-bond acceptors (Lipinski definition) is 2. The number of alkyl halides is 3. The number of halogens is 3. The maximum absolute atomic E-state index is 11.8. The van der Waals surface area contributed by atoms with E-state index in [0.29, 0.717) is 0 Å². The molecule has 2 N–H and O–H groups in total. The van der Waals surface area contributed by atoms with E-state index in [1.807, 2.05) is 5.32 Å². The van der Waals surface area contributed by atoms with Gasteiger partial charge < -0.3 is 9.84 Å². The van der Waals surface area contributed by atoms with Crippen molar-refractivity contribution in [2.24, 2.45) is 0 Å². The number of rotatable bonds is 3. The van der Waals surface area contributed by atoms with E-state index in [0.717, 1.165) is 0 Å². The fourth-order valence-electron chi connectivity index (χ4n) is 0.952. The smallest absolute Gasteiger partial charge is 0.422 e. The third kappa shape index (κ3) is 4.54. The van der Waals surface area contributed by atoms with Gasteiger partial charge in [0.25, 0.3) is 0 Å². The summed E-state index contributed by atoms with van der Waals surface area (Å²) in [5.74, 6) is -0.0522. The lowest BCUT2D eigenvalue weighted by Crippen LogP contribution is -2.19. The second-order valence-electron chi connectivity index (χ2n) is 2.86. The highest BCUT2D eigenvalue weighted by molar-refractivity contribution is 5.83. The second-order valence-corrected chi connectivity index (χ2v) is 2.86. The Kier molecular flexibility index (Phi) is 3.60. The third-order valence-corrected chi connectivity index (χ3v) is 1.49. The van der Waals surface area contributed by atoms with E-state index < -0.39 is 18.9 Å². The number of ether oxygens (including phenoxy) is 1. The molecule has 0 aromatic heterocycles. The van der Waals surface area contributed by atoms with Crippen LogP contribution in [0.5, 0.6) is 5.75 Å². The summed E-state index contributed by atoms with van der Waals surface area (Å²) in [4.78, 5) is 10.3. The Morgan fingerprint density at radius 3 is 2.69 bits per heavy atom. The Hall–Kier alpha value is -1.92. The van der Waals surface area contributed by atoms with Crippen LogP contribution in [0, 0.1) is 0 Å². The maximum atomic E-state index is 11.8. The molecule has 0 heterocycles. The molecule has 1 rings (SSSR count). The van der Waals surface area contributed by atoms with Gasteiger partial charge in [-0.15, -0.1) is 0 Å². The molecule has 1 aromatic rings. The van der Waals surface area contributed by atoms with Crippen LogP contribution in [0.4, 0.5) is 23.7 Å². The first-order valence-corrected chi connectivity index (χ1v) is 4.16. The van der Waals surface area contributed by atoms with E-state index >= 15 is 0 Å². The molecule has 0 aliphatic heterocycles. The normalized spacial score (nSPS) is 10.9. The molecule has 0 bridgehead atoms. The number of amides is 1. The molecule has 0 spiro atoms. The molecule has 1 aromatic carbocycles. The highest BCUT2D eigenvalue weighted by Gasteiger charge is 2.28. The fourth-order valence-corrected chi connectivity index (χ4v) is 0.952. The van der Waals surface area contributed by atoms with Crippen LogP contribution in [0.25, 0.3) is 0 Å². The van der Waals surface area contributed by atoms with Crippen LogP contribution in [0.2, 0.25) is 0 Å². The topological polar surface area (TPSA) is 58.6 Å². The van der Waals surface area contributed by atoms with Crippen molar-refractivity contribution in [3.05, 3.63) is 24.3 Å². The summed E-state index contributed by atoms with van der Waals surface area (Å²) in [5.41, 5.74) is 0.146. The Bertz CT molecular complexity index is 379. The van der Waals surface area contributed by atoms with Crippen LogP contribution in [0.3, 0.4) is 0 Å². The average molecular weight is 235 g/mol. The zero-order chi connectivity index (χ0) is 12.2. The standard InChI is InChI=1S/C9H8F3NO3/c10-9(11,12)5-16-7-3-1-2-6(4-7)13-8(14)15/h1-4,13H,5H2,(H,14,15). The number of carbonyl (C=O) groups is 1. The molecule has 0 fully saturated rings. The van der Waals surface area contributed by atoms with Gasteiger partial charge in [-0.2, -0.15) is 13.2 Å². The molecule has 7 heteroatoms. The van der Waals surface area contributed by atoms with Crippen LogP contribution < -0.4 is 10.1 Å². The van der Waals surface area contributed by atoms with Crippen molar-refractivity contribution in [2.45, 2.75) is 6.18 Å². The first-order valence-electron chi connectivity index (χ1n) is 4.16. The lowest BCUT2D eigenvalue weighted by Gasteiger charge is -2.09. The predicted octanol–water partition coefficient (Wildman–Crippen LogP) is 2.72. The molecule has 0 aliphatic rings. The van der Waals surface area contributed by atoms with Gasteiger partial charge >= 0.3 is 12.3 Å². The second kappa shape index (κ2) is 4.73. The molecule has 1 amide bonds. The van der Waals surface area contributed by atoms with Gasteiger partial charge in [0.05, 0.1) is 0 Å². The first kappa shape index (κ1) is 12.2. The van der Waals surface area contributed by atoms with Crippen LogP contribution >= 0.6 is 0 Å². The minimum absolute atomic E-state index is 0.0522. The zero-order valence-corrected chi connectivity index (χ0v) is 7.91. The molecule has 0 atom stereocenters. The van der Waals surface area contributed by atoms with Crippen molar-refractivity contribution in [2.75, 3.05) is 11.9 Å². The summed E-state index contributed by atoms with van der Waals surface area (Å²) in [6, 6.07) is 5.25. The minimum Gasteiger partial charge on any atom is -0.484 e. The first-order chi connectivity index (χ1) is 7.37. The molecular weight excluding hydrogens is 227 g/mol. The van der Waals surface area contributed by atoms with Crippen molar-refractivity contribution >= 4 is 11.8 Å². The quantitative estimate of drug-likeness (QED) is 0.846. The Morgan fingerprint density at radius 1 is 1.44 bits per heavy atom. The van der Waals surface area contributed by atoms with E-state index in [1.54, 1.807) is 0 Å². The van der Waals surface area contributed by atoms with Crippen LogP contribution in [-0.2, 0) is 0 Å². The van der Waals surface area contributed by atoms with Gasteiger partial charge in [0, 0.05) is 11.8 Å². The monoisotopic (exact) mass is 235 g/mol. The van der Waals surface area contributed by atoms with Gasteiger partial charge in [-0.1, -0.05) is 6.07 Å². The Labute approximate surface area is 88.6 Å². The van der Waals surface area contributed by atoms with Crippen molar-refractivity contribution in [1.29, 1.82) is 0 Å². The molecule has 0 saturated carbocycles. The molecule has 0 radical (unpaired) electrons. The molecule has 4 nitrogen and oxygen atoms in total. The summed E-state index contributed by atoms with van der Waals surface area (Å²) in [6.07, 6.45) is -5.72.